The number of nitrogens with zero attached hydrogens (tertiary/aromatic N) is 1. The molecule has 2 heteroatoms. The normalized spacial score (nSPS) is 26.6. The summed E-state index contributed by atoms with van der Waals surface area (Å²) >= 11 is 0. The standard InChI is InChI=1S/C9H20N2.2C2H6/c1-9(8-10)4-3-6-11(2)7-5-9;2*1-2/h3-8,10H2,1-2H3;2*1-2H3. The smallest absolute Gasteiger partial charge is 0.00161 e. The second kappa shape index (κ2) is 10.4. The van der Waals surface area contributed by atoms with Crippen molar-refractivity contribution < 1.29 is 0 Å². The molecule has 0 saturated carbocycles. The summed E-state index contributed by atoms with van der Waals surface area (Å²) in [5.74, 6) is 0. The van der Waals surface area contributed by atoms with Gasteiger partial charge in [0.05, 0.1) is 0 Å². The maximum atomic E-state index is 5.73. The van der Waals surface area contributed by atoms with Crippen LogP contribution in [0.4, 0.5) is 0 Å². The molecule has 94 valence electrons. The van der Waals surface area contributed by atoms with Crippen LogP contribution in [0, 0.1) is 5.41 Å². The van der Waals surface area contributed by atoms with Gasteiger partial charge < -0.3 is 10.6 Å². The van der Waals surface area contributed by atoms with Crippen molar-refractivity contribution in [1.29, 1.82) is 0 Å². The van der Waals surface area contributed by atoms with Crippen molar-refractivity contribution in [3.05, 3.63) is 0 Å². The lowest BCUT2D eigenvalue weighted by Gasteiger charge is -2.25. The van der Waals surface area contributed by atoms with E-state index in [1.807, 2.05) is 27.7 Å². The third-order valence-corrected chi connectivity index (χ3v) is 2.91. The fourth-order valence-electron chi connectivity index (χ4n) is 1.68. The van der Waals surface area contributed by atoms with Crippen LogP contribution in [-0.4, -0.2) is 31.6 Å². The molecule has 0 amide bonds. The van der Waals surface area contributed by atoms with E-state index in [2.05, 4.69) is 18.9 Å². The van der Waals surface area contributed by atoms with Crippen molar-refractivity contribution in [3.63, 3.8) is 0 Å². The van der Waals surface area contributed by atoms with Gasteiger partial charge >= 0.3 is 0 Å². The number of nitrogens with two attached hydrogens (primary N) is 1. The zero-order valence-corrected chi connectivity index (χ0v) is 11.8. The Hall–Kier alpha value is -0.0800. The van der Waals surface area contributed by atoms with Crippen LogP contribution >= 0.6 is 0 Å². The first-order valence-corrected chi connectivity index (χ1v) is 6.55. The van der Waals surface area contributed by atoms with E-state index in [-0.39, 0.29) is 0 Å². The molecule has 0 spiro atoms. The van der Waals surface area contributed by atoms with Crippen LogP contribution in [0.3, 0.4) is 0 Å². The predicted octanol–water partition coefficient (Wildman–Crippen LogP) is 3.12. The average Bonchev–Trinajstić information content (AvgIpc) is 2.48. The van der Waals surface area contributed by atoms with Crippen molar-refractivity contribution in [3.8, 4) is 0 Å². The second-order valence-corrected chi connectivity index (χ2v) is 4.17. The SMILES string of the molecule is CC.CC.CN1CCCC(C)(CN)CC1. The highest BCUT2D eigenvalue weighted by molar-refractivity contribution is 4.79. The van der Waals surface area contributed by atoms with Gasteiger partial charge in [0.2, 0.25) is 0 Å². The lowest BCUT2D eigenvalue weighted by atomic mass is 9.83. The molecule has 1 heterocycles. The van der Waals surface area contributed by atoms with Crippen molar-refractivity contribution in [2.75, 3.05) is 26.7 Å². The topological polar surface area (TPSA) is 29.3 Å². The summed E-state index contributed by atoms with van der Waals surface area (Å²) in [6.45, 7) is 13.6. The molecule has 1 aliphatic rings. The van der Waals surface area contributed by atoms with E-state index in [0.29, 0.717) is 5.41 Å². The van der Waals surface area contributed by atoms with Gasteiger partial charge in [0, 0.05) is 0 Å². The van der Waals surface area contributed by atoms with E-state index in [1.165, 1.54) is 32.4 Å². The molecule has 0 aromatic carbocycles. The van der Waals surface area contributed by atoms with Crippen LogP contribution in [0.1, 0.15) is 53.9 Å². The Morgan fingerprint density at radius 3 is 2.07 bits per heavy atom. The quantitative estimate of drug-likeness (QED) is 0.730. The van der Waals surface area contributed by atoms with Crippen LogP contribution in [0.5, 0.6) is 0 Å². The highest BCUT2D eigenvalue weighted by atomic mass is 15.1. The van der Waals surface area contributed by atoms with Crippen LogP contribution in [0.25, 0.3) is 0 Å². The maximum Gasteiger partial charge on any atom is -0.00161 e. The molecule has 2 nitrogen and oxygen atoms in total. The summed E-state index contributed by atoms with van der Waals surface area (Å²) in [5, 5.41) is 0. The van der Waals surface area contributed by atoms with Crippen LogP contribution < -0.4 is 5.73 Å². The van der Waals surface area contributed by atoms with E-state index in [1.54, 1.807) is 0 Å². The lowest BCUT2D eigenvalue weighted by Crippen LogP contribution is -2.28. The first-order chi connectivity index (χ1) is 7.16. The zero-order valence-electron chi connectivity index (χ0n) is 11.8. The Kier molecular flexibility index (Phi) is 12.1. The van der Waals surface area contributed by atoms with Crippen molar-refractivity contribution in [1.82, 2.24) is 4.90 Å². The van der Waals surface area contributed by atoms with Gasteiger partial charge in [0.25, 0.3) is 0 Å². The van der Waals surface area contributed by atoms with Crippen molar-refractivity contribution in [2.45, 2.75) is 53.9 Å². The van der Waals surface area contributed by atoms with Gasteiger partial charge in [-0.15, -0.1) is 0 Å². The molecule has 1 aliphatic heterocycles. The second-order valence-electron chi connectivity index (χ2n) is 4.17. The van der Waals surface area contributed by atoms with Crippen molar-refractivity contribution in [2.24, 2.45) is 11.1 Å². The third kappa shape index (κ3) is 7.80. The molecule has 2 N–H and O–H groups in total. The van der Waals surface area contributed by atoms with Gasteiger partial charge in [0.15, 0.2) is 0 Å². The van der Waals surface area contributed by atoms with Crippen LogP contribution in [0.2, 0.25) is 0 Å². The lowest BCUT2D eigenvalue weighted by molar-refractivity contribution is 0.278. The summed E-state index contributed by atoms with van der Waals surface area (Å²) in [7, 11) is 2.20. The van der Waals surface area contributed by atoms with E-state index < -0.39 is 0 Å². The van der Waals surface area contributed by atoms with E-state index in [0.717, 1.165) is 6.54 Å². The Morgan fingerprint density at radius 2 is 1.60 bits per heavy atom. The molecule has 0 bridgehead atoms. The summed E-state index contributed by atoms with van der Waals surface area (Å²) in [6.07, 6.45) is 3.87. The molecule has 0 aromatic heterocycles. The number of hydrogen-bond acceptors (Lipinski definition) is 2. The monoisotopic (exact) mass is 216 g/mol. The van der Waals surface area contributed by atoms with E-state index in [9.17, 15) is 0 Å². The molecule has 1 saturated heterocycles. The Labute approximate surface area is 97.2 Å². The molecule has 0 aliphatic carbocycles. The van der Waals surface area contributed by atoms with Crippen LogP contribution in [-0.2, 0) is 0 Å². The number of hydrogen-bond donors (Lipinski definition) is 1. The molecule has 0 radical (unpaired) electrons. The Morgan fingerprint density at radius 1 is 1.07 bits per heavy atom. The first kappa shape index (κ1) is 17.3. The highest BCUT2D eigenvalue weighted by Gasteiger charge is 2.24. The molecule has 1 rings (SSSR count). The molecule has 1 fully saturated rings. The van der Waals surface area contributed by atoms with Crippen molar-refractivity contribution >= 4 is 0 Å². The molecular weight excluding hydrogens is 184 g/mol. The average molecular weight is 216 g/mol. The highest BCUT2D eigenvalue weighted by Crippen LogP contribution is 2.28. The third-order valence-electron chi connectivity index (χ3n) is 2.91. The van der Waals surface area contributed by atoms with Gasteiger partial charge in [-0.05, 0) is 51.4 Å². The Bertz CT molecular complexity index is 126. The Balaban J connectivity index is 0. The molecule has 1 atom stereocenters. The maximum absolute atomic E-state index is 5.73. The summed E-state index contributed by atoms with van der Waals surface area (Å²) < 4.78 is 0. The van der Waals surface area contributed by atoms with Gasteiger partial charge in [-0.25, -0.2) is 0 Å². The minimum Gasteiger partial charge on any atom is -0.330 e. The fourth-order valence-corrected chi connectivity index (χ4v) is 1.68. The van der Waals surface area contributed by atoms with Gasteiger partial charge in [-0.1, -0.05) is 34.6 Å². The predicted molar refractivity (Wildman–Crippen MR) is 71.2 cm³/mol. The summed E-state index contributed by atoms with van der Waals surface area (Å²) in [5.41, 5.74) is 6.16. The minimum absolute atomic E-state index is 0.421. The minimum atomic E-state index is 0.421. The molecule has 1 unspecified atom stereocenters. The summed E-state index contributed by atoms with van der Waals surface area (Å²) in [4.78, 5) is 2.40. The van der Waals surface area contributed by atoms with Gasteiger partial charge in [0.1, 0.15) is 0 Å². The molecule has 0 aromatic rings. The molecule has 15 heavy (non-hydrogen) atoms. The number of likely N-dealkylation sites (tertiary alicyclic amines) is 1. The van der Waals surface area contributed by atoms with E-state index in [4.69, 9.17) is 5.73 Å². The van der Waals surface area contributed by atoms with Gasteiger partial charge in [-0.2, -0.15) is 0 Å². The fraction of sp³-hybridized carbons (Fsp3) is 1.00. The first-order valence-electron chi connectivity index (χ1n) is 6.55. The molecular formula is C13H32N2. The number of rotatable bonds is 1. The summed E-state index contributed by atoms with van der Waals surface area (Å²) in [6, 6.07) is 0. The van der Waals surface area contributed by atoms with Gasteiger partial charge in [-0.3, -0.25) is 0 Å². The van der Waals surface area contributed by atoms with E-state index >= 15 is 0 Å². The van der Waals surface area contributed by atoms with Crippen LogP contribution in [0.15, 0.2) is 0 Å². The largest absolute Gasteiger partial charge is 0.330 e. The zero-order chi connectivity index (χ0) is 12.3.